The summed E-state index contributed by atoms with van der Waals surface area (Å²) >= 11 is 0. The van der Waals surface area contributed by atoms with Gasteiger partial charge in [0.1, 0.15) is 0 Å². The van der Waals surface area contributed by atoms with Crippen LogP contribution in [-0.2, 0) is 9.59 Å². The molecule has 1 aromatic rings. The number of hydrogen-bond acceptors (Lipinski definition) is 3. The van der Waals surface area contributed by atoms with Crippen LogP contribution in [0.15, 0.2) is 24.3 Å². The average Bonchev–Trinajstić information content (AvgIpc) is 2.80. The number of aromatic carboxylic acids is 1. The molecular formula is C16H20N2O4. The van der Waals surface area contributed by atoms with Gasteiger partial charge in [-0.3, -0.25) is 9.59 Å². The van der Waals surface area contributed by atoms with Crippen molar-refractivity contribution in [1.29, 1.82) is 0 Å². The Balaban J connectivity index is 2.00. The van der Waals surface area contributed by atoms with Gasteiger partial charge in [0.15, 0.2) is 0 Å². The van der Waals surface area contributed by atoms with E-state index in [0.29, 0.717) is 24.7 Å². The van der Waals surface area contributed by atoms with Crippen LogP contribution in [0.2, 0.25) is 0 Å². The first-order valence-corrected chi connectivity index (χ1v) is 7.29. The SMILES string of the molecule is CC(C)CN1CC(C(=O)Nc2cccc(C(=O)O)c2)CC1=O. The second-order valence-electron chi connectivity index (χ2n) is 5.97. The quantitative estimate of drug-likeness (QED) is 0.869. The van der Waals surface area contributed by atoms with Crippen LogP contribution in [-0.4, -0.2) is 40.9 Å². The molecule has 6 nitrogen and oxygen atoms in total. The minimum Gasteiger partial charge on any atom is -0.478 e. The predicted octanol–water partition coefficient (Wildman–Crippen LogP) is 1.83. The van der Waals surface area contributed by atoms with E-state index in [0.717, 1.165) is 0 Å². The largest absolute Gasteiger partial charge is 0.478 e. The van der Waals surface area contributed by atoms with Gasteiger partial charge in [-0.25, -0.2) is 4.79 Å². The standard InChI is InChI=1S/C16H20N2O4/c1-10(2)8-18-9-12(7-14(18)19)15(20)17-13-5-3-4-11(6-13)16(21)22/h3-6,10,12H,7-9H2,1-2H3,(H,17,20)(H,21,22). The molecule has 0 aromatic heterocycles. The van der Waals surface area contributed by atoms with Crippen LogP contribution in [0.25, 0.3) is 0 Å². The molecule has 0 radical (unpaired) electrons. The number of nitrogens with one attached hydrogen (secondary N) is 1. The second-order valence-corrected chi connectivity index (χ2v) is 5.97. The molecule has 1 unspecified atom stereocenters. The number of likely N-dealkylation sites (tertiary alicyclic amines) is 1. The topological polar surface area (TPSA) is 86.7 Å². The van der Waals surface area contributed by atoms with Gasteiger partial charge in [0, 0.05) is 25.2 Å². The number of carbonyl (C=O) groups excluding carboxylic acids is 2. The molecule has 0 spiro atoms. The molecule has 1 fully saturated rings. The predicted molar refractivity (Wildman–Crippen MR) is 81.6 cm³/mol. The lowest BCUT2D eigenvalue weighted by molar-refractivity contribution is -0.128. The highest BCUT2D eigenvalue weighted by molar-refractivity contribution is 5.98. The summed E-state index contributed by atoms with van der Waals surface area (Å²) in [6.45, 7) is 5.12. The van der Waals surface area contributed by atoms with Gasteiger partial charge in [-0.15, -0.1) is 0 Å². The van der Waals surface area contributed by atoms with Crippen molar-refractivity contribution in [3.05, 3.63) is 29.8 Å². The zero-order valence-corrected chi connectivity index (χ0v) is 12.7. The first-order valence-electron chi connectivity index (χ1n) is 7.29. The van der Waals surface area contributed by atoms with Crippen molar-refractivity contribution in [2.24, 2.45) is 11.8 Å². The summed E-state index contributed by atoms with van der Waals surface area (Å²) < 4.78 is 0. The van der Waals surface area contributed by atoms with Crippen molar-refractivity contribution < 1.29 is 19.5 Å². The first-order chi connectivity index (χ1) is 10.4. The first kappa shape index (κ1) is 16.0. The van der Waals surface area contributed by atoms with E-state index in [2.05, 4.69) is 5.32 Å². The van der Waals surface area contributed by atoms with Crippen molar-refractivity contribution in [1.82, 2.24) is 4.90 Å². The molecule has 2 amide bonds. The summed E-state index contributed by atoms with van der Waals surface area (Å²) in [6, 6.07) is 6.07. The third kappa shape index (κ3) is 3.84. The Kier molecular flexibility index (Phi) is 4.80. The van der Waals surface area contributed by atoms with Gasteiger partial charge in [0.25, 0.3) is 0 Å². The molecule has 2 N–H and O–H groups in total. The molecule has 1 saturated heterocycles. The second kappa shape index (κ2) is 6.60. The van der Waals surface area contributed by atoms with E-state index >= 15 is 0 Å². The molecule has 2 rings (SSSR count). The number of carboxylic acid groups (broad SMARTS) is 1. The fourth-order valence-corrected chi connectivity index (χ4v) is 2.54. The van der Waals surface area contributed by atoms with Gasteiger partial charge in [-0.1, -0.05) is 19.9 Å². The highest BCUT2D eigenvalue weighted by Gasteiger charge is 2.34. The van der Waals surface area contributed by atoms with E-state index < -0.39 is 5.97 Å². The maximum Gasteiger partial charge on any atom is 0.335 e. The zero-order valence-electron chi connectivity index (χ0n) is 12.7. The van der Waals surface area contributed by atoms with E-state index in [9.17, 15) is 14.4 Å². The number of hydrogen-bond donors (Lipinski definition) is 2. The summed E-state index contributed by atoms with van der Waals surface area (Å²) in [6.07, 6.45) is 0.206. The summed E-state index contributed by atoms with van der Waals surface area (Å²) in [5.74, 6) is -1.33. The number of benzene rings is 1. The summed E-state index contributed by atoms with van der Waals surface area (Å²) in [5, 5.41) is 11.6. The number of amides is 2. The number of rotatable bonds is 5. The van der Waals surface area contributed by atoms with Crippen molar-refractivity contribution >= 4 is 23.5 Å². The van der Waals surface area contributed by atoms with Gasteiger partial charge in [-0.2, -0.15) is 0 Å². The Hall–Kier alpha value is -2.37. The lowest BCUT2D eigenvalue weighted by Gasteiger charge is -2.18. The van der Waals surface area contributed by atoms with Crippen LogP contribution >= 0.6 is 0 Å². The Morgan fingerprint density at radius 1 is 1.41 bits per heavy atom. The van der Waals surface area contributed by atoms with Gasteiger partial charge in [0.2, 0.25) is 11.8 Å². The number of nitrogens with zero attached hydrogens (tertiary/aromatic N) is 1. The molecule has 1 aliphatic rings. The highest BCUT2D eigenvalue weighted by Crippen LogP contribution is 2.21. The normalized spacial score (nSPS) is 17.9. The Bertz CT molecular complexity index is 598. The minimum absolute atomic E-state index is 0.00635. The molecule has 1 aliphatic heterocycles. The van der Waals surface area contributed by atoms with Crippen molar-refractivity contribution in [2.75, 3.05) is 18.4 Å². The molecular weight excluding hydrogens is 284 g/mol. The van der Waals surface area contributed by atoms with Gasteiger partial charge in [-0.05, 0) is 24.1 Å². The maximum absolute atomic E-state index is 12.2. The van der Waals surface area contributed by atoms with E-state index in [4.69, 9.17) is 5.11 Å². The molecule has 0 bridgehead atoms. The van der Waals surface area contributed by atoms with E-state index in [1.807, 2.05) is 13.8 Å². The Morgan fingerprint density at radius 2 is 2.14 bits per heavy atom. The molecule has 1 heterocycles. The maximum atomic E-state index is 12.2. The van der Waals surface area contributed by atoms with Crippen molar-refractivity contribution in [3.8, 4) is 0 Å². The zero-order chi connectivity index (χ0) is 16.3. The van der Waals surface area contributed by atoms with Crippen molar-refractivity contribution in [3.63, 3.8) is 0 Å². The van der Waals surface area contributed by atoms with E-state index in [1.54, 1.807) is 17.0 Å². The van der Waals surface area contributed by atoms with Gasteiger partial charge >= 0.3 is 5.97 Å². The molecule has 22 heavy (non-hydrogen) atoms. The van der Waals surface area contributed by atoms with Crippen LogP contribution in [0.1, 0.15) is 30.6 Å². The summed E-state index contributed by atoms with van der Waals surface area (Å²) in [4.78, 5) is 36.8. The Morgan fingerprint density at radius 3 is 2.77 bits per heavy atom. The third-order valence-electron chi connectivity index (χ3n) is 3.55. The molecule has 1 atom stereocenters. The van der Waals surface area contributed by atoms with Crippen LogP contribution in [0.5, 0.6) is 0 Å². The molecule has 6 heteroatoms. The van der Waals surface area contributed by atoms with Crippen LogP contribution in [0.3, 0.4) is 0 Å². The molecule has 0 aliphatic carbocycles. The van der Waals surface area contributed by atoms with Gasteiger partial charge in [0.05, 0.1) is 11.5 Å². The Labute approximate surface area is 129 Å². The lowest BCUT2D eigenvalue weighted by Crippen LogP contribution is -2.31. The monoisotopic (exact) mass is 304 g/mol. The molecule has 1 aromatic carbocycles. The van der Waals surface area contributed by atoms with Gasteiger partial charge < -0.3 is 15.3 Å². The fraction of sp³-hybridized carbons (Fsp3) is 0.438. The third-order valence-corrected chi connectivity index (χ3v) is 3.55. The lowest BCUT2D eigenvalue weighted by atomic mass is 10.1. The fourth-order valence-electron chi connectivity index (χ4n) is 2.54. The smallest absolute Gasteiger partial charge is 0.335 e. The van der Waals surface area contributed by atoms with Crippen molar-refractivity contribution in [2.45, 2.75) is 20.3 Å². The number of anilines is 1. The highest BCUT2D eigenvalue weighted by atomic mass is 16.4. The summed E-state index contributed by atoms with van der Waals surface area (Å²) in [5.41, 5.74) is 0.543. The molecule has 118 valence electrons. The average molecular weight is 304 g/mol. The number of carbonyl (C=O) groups is 3. The van der Waals surface area contributed by atoms with Crippen LogP contribution in [0.4, 0.5) is 5.69 Å². The number of carboxylic acids is 1. The van der Waals surface area contributed by atoms with E-state index in [-0.39, 0.29) is 29.7 Å². The summed E-state index contributed by atoms with van der Waals surface area (Å²) in [7, 11) is 0. The van der Waals surface area contributed by atoms with E-state index in [1.165, 1.54) is 12.1 Å². The van der Waals surface area contributed by atoms with Crippen LogP contribution < -0.4 is 5.32 Å². The van der Waals surface area contributed by atoms with Crippen LogP contribution in [0, 0.1) is 11.8 Å². The minimum atomic E-state index is -1.05. The molecule has 0 saturated carbocycles.